The van der Waals surface area contributed by atoms with Crippen LogP contribution >= 0.6 is 0 Å². The summed E-state index contributed by atoms with van der Waals surface area (Å²) >= 11 is 0. The number of amides is 1. The third-order valence-corrected chi connectivity index (χ3v) is 5.21. The normalized spacial score (nSPS) is 21.5. The molecule has 1 amide bonds. The van der Waals surface area contributed by atoms with E-state index in [1.165, 1.54) is 0 Å². The van der Waals surface area contributed by atoms with Crippen molar-refractivity contribution in [2.75, 3.05) is 32.1 Å². The van der Waals surface area contributed by atoms with Crippen LogP contribution in [0.2, 0.25) is 0 Å². The number of anilines is 1. The predicted octanol–water partition coefficient (Wildman–Crippen LogP) is 3.00. The Morgan fingerprint density at radius 2 is 1.96 bits per heavy atom. The van der Waals surface area contributed by atoms with Gasteiger partial charge < -0.3 is 14.5 Å². The number of rotatable bonds is 2. The lowest BCUT2D eigenvalue weighted by atomic mass is 9.89. The smallest absolute Gasteiger partial charge is 0.254 e. The molecule has 0 aromatic heterocycles. The van der Waals surface area contributed by atoms with E-state index in [-0.39, 0.29) is 11.7 Å². The predicted molar refractivity (Wildman–Crippen MR) is 100 cm³/mol. The van der Waals surface area contributed by atoms with Crippen LogP contribution in [0, 0.1) is 0 Å². The van der Waals surface area contributed by atoms with Gasteiger partial charge in [-0.05, 0) is 30.3 Å². The number of nitrogens with zero attached hydrogens (tertiary/aromatic N) is 2. The zero-order valence-corrected chi connectivity index (χ0v) is 15.1. The third-order valence-electron chi connectivity index (χ3n) is 5.21. The second-order valence-electron chi connectivity index (χ2n) is 7.30. The Labute approximate surface area is 153 Å². The van der Waals surface area contributed by atoms with E-state index in [1.54, 1.807) is 11.0 Å². The van der Waals surface area contributed by atoms with Gasteiger partial charge in [-0.15, -0.1) is 0 Å². The summed E-state index contributed by atoms with van der Waals surface area (Å²) in [7, 11) is 3.90. The van der Waals surface area contributed by atoms with Gasteiger partial charge in [-0.3, -0.25) is 9.59 Å². The fourth-order valence-electron chi connectivity index (χ4n) is 3.79. The number of fused-ring (bicyclic) bond motifs is 1. The van der Waals surface area contributed by atoms with Crippen molar-refractivity contribution in [2.24, 2.45) is 0 Å². The molecule has 1 saturated heterocycles. The van der Waals surface area contributed by atoms with Gasteiger partial charge in [-0.25, -0.2) is 0 Å². The number of ketones is 1. The summed E-state index contributed by atoms with van der Waals surface area (Å²) in [5, 5.41) is 0. The molecule has 5 nitrogen and oxygen atoms in total. The quantitative estimate of drug-likeness (QED) is 0.835. The lowest BCUT2D eigenvalue weighted by Crippen LogP contribution is -2.45. The average Bonchev–Trinajstić information content (AvgIpc) is 3.04. The molecule has 1 spiro atoms. The number of ether oxygens (including phenoxy) is 1. The molecule has 2 aromatic carbocycles. The lowest BCUT2D eigenvalue weighted by Gasteiger charge is -2.34. The molecule has 2 aromatic rings. The highest BCUT2D eigenvalue weighted by molar-refractivity contribution is 6.00. The van der Waals surface area contributed by atoms with Crippen LogP contribution in [0.25, 0.3) is 0 Å². The Balaban J connectivity index is 1.55. The SMILES string of the molecule is CN(C)c1cccc(C(=O)N2CC[C@@]3(CC(=O)c4ccccc4O3)C2)c1. The highest BCUT2D eigenvalue weighted by Crippen LogP contribution is 2.39. The summed E-state index contributed by atoms with van der Waals surface area (Å²) in [6.07, 6.45) is 0.998. The second kappa shape index (κ2) is 6.16. The number of carbonyl (C=O) groups excluding carboxylic acids is 2. The number of Topliss-reactive ketones (excluding diaryl/α,β-unsaturated/α-hetero) is 1. The molecule has 5 heteroatoms. The molecule has 0 saturated carbocycles. The molecule has 2 heterocycles. The maximum absolute atomic E-state index is 12.9. The molecule has 2 aliphatic heterocycles. The van der Waals surface area contributed by atoms with Crippen molar-refractivity contribution in [1.82, 2.24) is 4.90 Å². The van der Waals surface area contributed by atoms with Crippen LogP contribution in [0.1, 0.15) is 33.6 Å². The number of hydrogen-bond donors (Lipinski definition) is 0. The molecule has 2 aliphatic rings. The van der Waals surface area contributed by atoms with Crippen LogP contribution in [0.15, 0.2) is 48.5 Å². The van der Waals surface area contributed by atoms with E-state index in [4.69, 9.17) is 4.74 Å². The van der Waals surface area contributed by atoms with Crippen LogP contribution in [-0.4, -0.2) is 49.4 Å². The van der Waals surface area contributed by atoms with Crippen molar-refractivity contribution < 1.29 is 14.3 Å². The molecule has 0 aliphatic carbocycles. The van der Waals surface area contributed by atoms with Gasteiger partial charge >= 0.3 is 0 Å². The van der Waals surface area contributed by atoms with E-state index < -0.39 is 5.60 Å². The van der Waals surface area contributed by atoms with Gasteiger partial charge in [0.25, 0.3) is 5.91 Å². The molecule has 0 N–H and O–H groups in total. The van der Waals surface area contributed by atoms with Crippen LogP contribution in [0.3, 0.4) is 0 Å². The summed E-state index contributed by atoms with van der Waals surface area (Å²) in [6.45, 7) is 1.04. The molecule has 0 radical (unpaired) electrons. The minimum atomic E-state index is -0.597. The number of para-hydroxylation sites is 1. The van der Waals surface area contributed by atoms with Crippen molar-refractivity contribution in [3.05, 3.63) is 59.7 Å². The van der Waals surface area contributed by atoms with Gasteiger partial charge in [0.1, 0.15) is 11.4 Å². The second-order valence-corrected chi connectivity index (χ2v) is 7.30. The zero-order valence-electron chi connectivity index (χ0n) is 15.1. The van der Waals surface area contributed by atoms with Crippen LogP contribution in [0.5, 0.6) is 5.75 Å². The van der Waals surface area contributed by atoms with E-state index in [9.17, 15) is 9.59 Å². The molecule has 1 atom stereocenters. The molecular weight excluding hydrogens is 328 g/mol. The molecule has 134 valence electrons. The van der Waals surface area contributed by atoms with E-state index in [0.29, 0.717) is 42.8 Å². The van der Waals surface area contributed by atoms with Crippen molar-refractivity contribution in [2.45, 2.75) is 18.4 Å². The maximum atomic E-state index is 12.9. The van der Waals surface area contributed by atoms with Crippen LogP contribution in [0.4, 0.5) is 5.69 Å². The highest BCUT2D eigenvalue weighted by atomic mass is 16.5. The first-order valence-corrected chi connectivity index (χ1v) is 8.85. The molecule has 4 rings (SSSR count). The fourth-order valence-corrected chi connectivity index (χ4v) is 3.79. The monoisotopic (exact) mass is 350 g/mol. The van der Waals surface area contributed by atoms with E-state index in [1.807, 2.05) is 61.5 Å². The van der Waals surface area contributed by atoms with Gasteiger partial charge in [-0.1, -0.05) is 18.2 Å². The lowest BCUT2D eigenvalue weighted by molar-refractivity contribution is 0.0428. The standard InChI is InChI=1S/C21H22N2O3/c1-22(2)16-7-5-6-15(12-16)20(25)23-11-10-21(14-23)13-18(24)17-8-3-4-9-19(17)26-21/h3-9,12H,10-11,13-14H2,1-2H3/t21-/m1/s1. The fraction of sp³-hybridized carbons (Fsp3) is 0.333. The molecule has 0 bridgehead atoms. The molecule has 0 unspecified atom stereocenters. The van der Waals surface area contributed by atoms with Crippen LogP contribution < -0.4 is 9.64 Å². The number of likely N-dealkylation sites (tertiary alicyclic amines) is 1. The van der Waals surface area contributed by atoms with E-state index >= 15 is 0 Å². The minimum absolute atomic E-state index is 0.0134. The summed E-state index contributed by atoms with van der Waals surface area (Å²) < 4.78 is 6.21. The first-order valence-electron chi connectivity index (χ1n) is 8.85. The number of hydrogen-bond acceptors (Lipinski definition) is 4. The van der Waals surface area contributed by atoms with Crippen molar-refractivity contribution in [3.8, 4) is 5.75 Å². The molecular formula is C21H22N2O3. The van der Waals surface area contributed by atoms with Gasteiger partial charge in [0.15, 0.2) is 5.78 Å². The highest BCUT2D eigenvalue weighted by Gasteiger charge is 2.47. The first kappa shape index (κ1) is 16.6. The summed E-state index contributed by atoms with van der Waals surface area (Å²) in [5.74, 6) is 0.712. The Bertz CT molecular complexity index is 877. The summed E-state index contributed by atoms with van der Waals surface area (Å²) in [5.41, 5.74) is 1.69. The van der Waals surface area contributed by atoms with E-state index in [0.717, 1.165) is 5.69 Å². The summed E-state index contributed by atoms with van der Waals surface area (Å²) in [6, 6.07) is 15.0. The Morgan fingerprint density at radius 1 is 1.15 bits per heavy atom. The van der Waals surface area contributed by atoms with Gasteiger partial charge in [0.05, 0.1) is 18.5 Å². The van der Waals surface area contributed by atoms with Crippen molar-refractivity contribution in [3.63, 3.8) is 0 Å². The Kier molecular flexibility index (Phi) is 3.94. The summed E-state index contributed by atoms with van der Waals surface area (Å²) in [4.78, 5) is 29.2. The first-order chi connectivity index (χ1) is 12.5. The van der Waals surface area contributed by atoms with Gasteiger partial charge in [0, 0.05) is 38.3 Å². The van der Waals surface area contributed by atoms with E-state index in [2.05, 4.69) is 0 Å². The van der Waals surface area contributed by atoms with Crippen molar-refractivity contribution >= 4 is 17.4 Å². The van der Waals surface area contributed by atoms with Gasteiger partial charge in [-0.2, -0.15) is 0 Å². The number of carbonyl (C=O) groups is 2. The largest absolute Gasteiger partial charge is 0.484 e. The number of benzene rings is 2. The maximum Gasteiger partial charge on any atom is 0.254 e. The van der Waals surface area contributed by atoms with Gasteiger partial charge in [0.2, 0.25) is 0 Å². The molecule has 26 heavy (non-hydrogen) atoms. The Hall–Kier alpha value is -2.82. The third kappa shape index (κ3) is 2.83. The van der Waals surface area contributed by atoms with Crippen LogP contribution in [-0.2, 0) is 0 Å². The average molecular weight is 350 g/mol. The minimum Gasteiger partial charge on any atom is -0.484 e. The topological polar surface area (TPSA) is 49.9 Å². The zero-order chi connectivity index (χ0) is 18.3. The Morgan fingerprint density at radius 3 is 2.77 bits per heavy atom. The van der Waals surface area contributed by atoms with Crippen molar-refractivity contribution in [1.29, 1.82) is 0 Å². The molecule has 1 fully saturated rings.